The molecule has 2 rings (SSSR count). The van der Waals surface area contributed by atoms with Gasteiger partial charge < -0.3 is 4.52 Å². The van der Waals surface area contributed by atoms with Gasteiger partial charge in [0, 0.05) is 17.5 Å². The van der Waals surface area contributed by atoms with Gasteiger partial charge in [-0.05, 0) is 24.6 Å². The highest BCUT2D eigenvalue weighted by atomic mass is 35.5. The molecule has 3 heteroatoms. The van der Waals surface area contributed by atoms with Gasteiger partial charge in [-0.15, -0.1) is 0 Å². The van der Waals surface area contributed by atoms with Crippen molar-refractivity contribution >= 4 is 11.6 Å². The van der Waals surface area contributed by atoms with Gasteiger partial charge in [0.05, 0.1) is 5.69 Å². The Kier molecular flexibility index (Phi) is 2.55. The third-order valence-electron chi connectivity index (χ3n) is 1.90. The van der Waals surface area contributed by atoms with Gasteiger partial charge in [0.2, 0.25) is 0 Å². The maximum atomic E-state index is 5.77. The average Bonchev–Trinajstić information content (AvgIpc) is 2.56. The predicted octanol–water partition coefficient (Wildman–Crippen LogP) is 3.10. The summed E-state index contributed by atoms with van der Waals surface area (Å²) in [6, 6.07) is 9.48. The van der Waals surface area contributed by atoms with Crippen LogP contribution in [-0.2, 0) is 6.42 Å². The number of aromatic nitrogens is 1. The molecule has 0 aliphatic rings. The first kappa shape index (κ1) is 9.28. The summed E-state index contributed by atoms with van der Waals surface area (Å²) in [5.41, 5.74) is 1.81. The minimum absolute atomic E-state index is 0.661. The molecule has 0 saturated heterocycles. The van der Waals surface area contributed by atoms with Crippen molar-refractivity contribution in [3.8, 4) is 0 Å². The number of benzene rings is 1. The SMILES string of the molecule is [CH2]c1cc(Cc2ccc(Cl)cc2)on1. The second-order valence-corrected chi connectivity index (χ2v) is 3.52. The van der Waals surface area contributed by atoms with Crippen LogP contribution in [0.2, 0.25) is 5.02 Å². The number of halogens is 1. The maximum Gasteiger partial charge on any atom is 0.141 e. The molecule has 0 spiro atoms. The van der Waals surface area contributed by atoms with E-state index in [4.69, 9.17) is 16.1 Å². The van der Waals surface area contributed by atoms with Crippen LogP contribution in [0.1, 0.15) is 17.0 Å². The van der Waals surface area contributed by atoms with Gasteiger partial charge in [-0.1, -0.05) is 28.9 Å². The zero-order valence-electron chi connectivity index (χ0n) is 7.53. The zero-order chi connectivity index (χ0) is 9.97. The van der Waals surface area contributed by atoms with E-state index in [1.807, 2.05) is 30.3 Å². The first-order valence-electron chi connectivity index (χ1n) is 4.26. The van der Waals surface area contributed by atoms with Gasteiger partial charge in [0.15, 0.2) is 0 Å². The van der Waals surface area contributed by atoms with Crippen LogP contribution >= 0.6 is 11.6 Å². The molecule has 0 aliphatic carbocycles. The van der Waals surface area contributed by atoms with Crippen LogP contribution in [0.3, 0.4) is 0 Å². The molecule has 0 bridgehead atoms. The van der Waals surface area contributed by atoms with Gasteiger partial charge in [0.25, 0.3) is 0 Å². The van der Waals surface area contributed by atoms with Gasteiger partial charge in [-0.3, -0.25) is 0 Å². The Morgan fingerprint density at radius 2 is 2.00 bits per heavy atom. The average molecular weight is 207 g/mol. The standard InChI is InChI=1S/C11H9ClNO/c1-8-6-11(14-13-8)7-9-2-4-10(12)5-3-9/h2-6H,1,7H2. The lowest BCUT2D eigenvalue weighted by molar-refractivity contribution is 0.387. The Labute approximate surface area is 87.5 Å². The second kappa shape index (κ2) is 3.84. The van der Waals surface area contributed by atoms with E-state index in [2.05, 4.69) is 12.1 Å². The molecule has 0 unspecified atom stereocenters. The monoisotopic (exact) mass is 206 g/mol. The van der Waals surface area contributed by atoms with Crippen molar-refractivity contribution in [3.63, 3.8) is 0 Å². The van der Waals surface area contributed by atoms with E-state index in [1.165, 1.54) is 0 Å². The molecule has 14 heavy (non-hydrogen) atoms. The van der Waals surface area contributed by atoms with Crippen LogP contribution in [0.4, 0.5) is 0 Å². The Hall–Kier alpha value is -1.28. The summed E-state index contributed by atoms with van der Waals surface area (Å²) in [7, 11) is 0. The zero-order valence-corrected chi connectivity index (χ0v) is 8.29. The highest BCUT2D eigenvalue weighted by Crippen LogP contribution is 2.13. The van der Waals surface area contributed by atoms with Crippen molar-refractivity contribution in [1.29, 1.82) is 0 Å². The van der Waals surface area contributed by atoms with Gasteiger partial charge >= 0.3 is 0 Å². The van der Waals surface area contributed by atoms with Crippen molar-refractivity contribution in [1.82, 2.24) is 5.16 Å². The van der Waals surface area contributed by atoms with E-state index in [9.17, 15) is 0 Å². The largest absolute Gasteiger partial charge is 0.361 e. The van der Waals surface area contributed by atoms with E-state index < -0.39 is 0 Å². The van der Waals surface area contributed by atoms with Gasteiger partial charge in [-0.25, -0.2) is 0 Å². The Bertz CT molecular complexity index is 419. The molecule has 2 nitrogen and oxygen atoms in total. The lowest BCUT2D eigenvalue weighted by Gasteiger charge is -1.96. The molecule has 2 aromatic rings. The fourth-order valence-corrected chi connectivity index (χ4v) is 1.37. The molecular formula is C11H9ClNO. The van der Waals surface area contributed by atoms with E-state index in [1.54, 1.807) is 0 Å². The molecular weight excluding hydrogens is 198 g/mol. The third-order valence-corrected chi connectivity index (χ3v) is 2.15. The predicted molar refractivity (Wildman–Crippen MR) is 55.2 cm³/mol. The molecule has 71 valence electrons. The van der Waals surface area contributed by atoms with Crippen molar-refractivity contribution in [2.75, 3.05) is 0 Å². The number of hydrogen-bond acceptors (Lipinski definition) is 2. The highest BCUT2D eigenvalue weighted by molar-refractivity contribution is 6.30. The summed E-state index contributed by atoms with van der Waals surface area (Å²) in [6.45, 7) is 3.67. The fourth-order valence-electron chi connectivity index (χ4n) is 1.24. The van der Waals surface area contributed by atoms with Crippen LogP contribution in [0.5, 0.6) is 0 Å². The molecule has 1 aromatic carbocycles. The van der Waals surface area contributed by atoms with Crippen molar-refractivity contribution in [2.45, 2.75) is 6.42 Å². The highest BCUT2D eigenvalue weighted by Gasteiger charge is 2.01. The minimum Gasteiger partial charge on any atom is -0.361 e. The van der Waals surface area contributed by atoms with Gasteiger partial charge in [-0.2, -0.15) is 0 Å². The Morgan fingerprint density at radius 1 is 1.29 bits per heavy atom. The lowest BCUT2D eigenvalue weighted by atomic mass is 10.1. The van der Waals surface area contributed by atoms with E-state index in [0.29, 0.717) is 5.69 Å². The fraction of sp³-hybridized carbons (Fsp3) is 0.0909. The summed E-state index contributed by atoms with van der Waals surface area (Å²) in [5, 5.41) is 4.46. The Morgan fingerprint density at radius 3 is 2.57 bits per heavy atom. The summed E-state index contributed by atoms with van der Waals surface area (Å²) < 4.78 is 5.05. The molecule has 1 radical (unpaired) electrons. The molecule has 0 fully saturated rings. The van der Waals surface area contributed by atoms with Gasteiger partial charge in [0.1, 0.15) is 5.76 Å². The van der Waals surface area contributed by atoms with Crippen molar-refractivity contribution in [2.24, 2.45) is 0 Å². The van der Waals surface area contributed by atoms with Crippen molar-refractivity contribution in [3.05, 3.63) is 59.3 Å². The van der Waals surface area contributed by atoms with E-state index in [0.717, 1.165) is 22.8 Å². The lowest BCUT2D eigenvalue weighted by Crippen LogP contribution is -1.84. The first-order chi connectivity index (χ1) is 6.74. The summed E-state index contributed by atoms with van der Waals surface area (Å²) in [5.74, 6) is 0.817. The molecule has 0 atom stereocenters. The number of hydrogen-bond donors (Lipinski definition) is 0. The minimum atomic E-state index is 0.661. The second-order valence-electron chi connectivity index (χ2n) is 3.09. The molecule has 1 aromatic heterocycles. The summed E-state index contributed by atoms with van der Waals surface area (Å²) in [4.78, 5) is 0. The first-order valence-corrected chi connectivity index (χ1v) is 4.64. The quantitative estimate of drug-likeness (QED) is 0.755. The third kappa shape index (κ3) is 2.15. The smallest absolute Gasteiger partial charge is 0.141 e. The van der Waals surface area contributed by atoms with Crippen LogP contribution in [-0.4, -0.2) is 5.16 Å². The molecule has 0 amide bonds. The summed E-state index contributed by atoms with van der Waals surface area (Å²) >= 11 is 5.77. The van der Waals surface area contributed by atoms with Crippen LogP contribution in [0, 0.1) is 6.92 Å². The molecule has 0 aliphatic heterocycles. The van der Waals surface area contributed by atoms with Crippen LogP contribution in [0.25, 0.3) is 0 Å². The number of rotatable bonds is 2. The number of nitrogens with zero attached hydrogens (tertiary/aromatic N) is 1. The molecule has 0 N–H and O–H groups in total. The topological polar surface area (TPSA) is 26.0 Å². The van der Waals surface area contributed by atoms with Crippen LogP contribution in [0.15, 0.2) is 34.9 Å². The normalized spacial score (nSPS) is 10.4. The van der Waals surface area contributed by atoms with Crippen molar-refractivity contribution < 1.29 is 4.52 Å². The van der Waals surface area contributed by atoms with E-state index in [-0.39, 0.29) is 0 Å². The Balaban J connectivity index is 2.15. The van der Waals surface area contributed by atoms with E-state index >= 15 is 0 Å². The molecule has 0 saturated carbocycles. The molecule has 1 heterocycles. The maximum absolute atomic E-state index is 5.77. The van der Waals surface area contributed by atoms with Crippen LogP contribution < -0.4 is 0 Å². The summed E-state index contributed by atoms with van der Waals surface area (Å²) in [6.07, 6.45) is 0.722.